The second-order valence-electron chi connectivity index (χ2n) is 5.11. The van der Waals surface area contributed by atoms with E-state index in [0.29, 0.717) is 0 Å². The van der Waals surface area contributed by atoms with Crippen LogP contribution in [-0.2, 0) is 13.0 Å². The lowest BCUT2D eigenvalue weighted by atomic mass is 10.0. The molecule has 0 aliphatic carbocycles. The van der Waals surface area contributed by atoms with Crippen LogP contribution in [0.3, 0.4) is 0 Å². The average Bonchev–Trinajstić information content (AvgIpc) is 2.83. The summed E-state index contributed by atoms with van der Waals surface area (Å²) in [4.78, 5) is 4.69. The van der Waals surface area contributed by atoms with Crippen molar-refractivity contribution in [2.24, 2.45) is 0 Å². The Labute approximate surface area is 117 Å². The van der Waals surface area contributed by atoms with Gasteiger partial charge >= 0.3 is 0 Å². The molecule has 1 aliphatic rings. The maximum atomic E-state index is 9.40. The Morgan fingerprint density at radius 3 is 2.84 bits per heavy atom. The molecular formula is C15H17ClN2O. The standard InChI is InChI=1S/C15H17ClN2O/c16-13-5-3-11(4-6-13)8-14-9-18-7-1-2-12(10-19)15(18)17-14/h3-6,9,12,19H,1-2,7-8,10H2. The summed E-state index contributed by atoms with van der Waals surface area (Å²) in [6, 6.07) is 7.88. The zero-order chi connectivity index (χ0) is 13.2. The largest absolute Gasteiger partial charge is 0.396 e. The van der Waals surface area contributed by atoms with Gasteiger partial charge in [0.1, 0.15) is 5.82 Å². The molecule has 19 heavy (non-hydrogen) atoms. The van der Waals surface area contributed by atoms with E-state index >= 15 is 0 Å². The number of benzene rings is 1. The zero-order valence-corrected chi connectivity index (χ0v) is 11.5. The number of hydrogen-bond donors (Lipinski definition) is 1. The summed E-state index contributed by atoms with van der Waals surface area (Å²) >= 11 is 5.89. The highest BCUT2D eigenvalue weighted by Crippen LogP contribution is 2.26. The topological polar surface area (TPSA) is 38.0 Å². The van der Waals surface area contributed by atoms with Crippen LogP contribution in [0, 0.1) is 0 Å². The van der Waals surface area contributed by atoms with Crippen LogP contribution in [0.2, 0.25) is 5.02 Å². The SMILES string of the molecule is OCC1CCCn2cc(Cc3ccc(Cl)cc3)nc21. The molecule has 4 heteroatoms. The van der Waals surface area contributed by atoms with Crippen LogP contribution in [0.25, 0.3) is 0 Å². The van der Waals surface area contributed by atoms with E-state index in [1.165, 1.54) is 5.56 Å². The van der Waals surface area contributed by atoms with E-state index in [0.717, 1.165) is 42.3 Å². The van der Waals surface area contributed by atoms with Gasteiger partial charge in [-0.1, -0.05) is 23.7 Å². The molecule has 3 nitrogen and oxygen atoms in total. The van der Waals surface area contributed by atoms with Crippen LogP contribution in [0.1, 0.15) is 35.8 Å². The third-order valence-corrected chi connectivity index (χ3v) is 3.94. The Hall–Kier alpha value is -1.32. The number of rotatable bonds is 3. The molecule has 1 N–H and O–H groups in total. The molecule has 2 heterocycles. The van der Waals surface area contributed by atoms with Gasteiger partial charge in [-0.3, -0.25) is 0 Å². The molecule has 0 fully saturated rings. The van der Waals surface area contributed by atoms with Crippen LogP contribution in [0.5, 0.6) is 0 Å². The smallest absolute Gasteiger partial charge is 0.114 e. The van der Waals surface area contributed by atoms with E-state index in [4.69, 9.17) is 16.6 Å². The second-order valence-corrected chi connectivity index (χ2v) is 5.55. The number of fused-ring (bicyclic) bond motifs is 1. The first kappa shape index (κ1) is 12.7. The highest BCUT2D eigenvalue weighted by atomic mass is 35.5. The van der Waals surface area contributed by atoms with E-state index < -0.39 is 0 Å². The van der Waals surface area contributed by atoms with Crippen molar-refractivity contribution in [1.29, 1.82) is 0 Å². The Bertz CT molecular complexity index is 562. The first-order valence-electron chi connectivity index (χ1n) is 6.67. The van der Waals surface area contributed by atoms with Crippen molar-refractivity contribution in [3.8, 4) is 0 Å². The Morgan fingerprint density at radius 2 is 2.11 bits per heavy atom. The first-order chi connectivity index (χ1) is 9.26. The van der Waals surface area contributed by atoms with Crippen LogP contribution in [0.15, 0.2) is 30.5 Å². The Kier molecular flexibility index (Phi) is 3.58. The lowest BCUT2D eigenvalue weighted by molar-refractivity contribution is 0.238. The molecule has 3 rings (SSSR count). The normalized spacial score (nSPS) is 18.3. The van der Waals surface area contributed by atoms with Gasteiger partial charge in [-0.05, 0) is 30.5 Å². The van der Waals surface area contributed by atoms with Gasteiger partial charge in [-0.2, -0.15) is 0 Å². The molecule has 0 bridgehead atoms. The fourth-order valence-corrected chi connectivity index (χ4v) is 2.82. The molecule has 100 valence electrons. The number of aryl methyl sites for hydroxylation is 1. The lowest BCUT2D eigenvalue weighted by Crippen LogP contribution is -2.18. The van der Waals surface area contributed by atoms with E-state index in [1.807, 2.05) is 24.3 Å². The van der Waals surface area contributed by atoms with E-state index in [2.05, 4.69) is 10.8 Å². The minimum Gasteiger partial charge on any atom is -0.396 e. The molecule has 0 saturated heterocycles. The van der Waals surface area contributed by atoms with Gasteiger partial charge in [-0.15, -0.1) is 0 Å². The summed E-state index contributed by atoms with van der Waals surface area (Å²) in [6.45, 7) is 1.21. The van der Waals surface area contributed by atoms with Crippen LogP contribution in [-0.4, -0.2) is 21.3 Å². The van der Waals surface area contributed by atoms with Crippen molar-refractivity contribution in [2.75, 3.05) is 6.61 Å². The van der Waals surface area contributed by atoms with Gasteiger partial charge in [0, 0.05) is 30.1 Å². The lowest BCUT2D eigenvalue weighted by Gasteiger charge is -2.21. The van der Waals surface area contributed by atoms with Gasteiger partial charge in [0.05, 0.1) is 12.3 Å². The molecule has 0 amide bonds. The molecule has 0 saturated carbocycles. The zero-order valence-electron chi connectivity index (χ0n) is 10.7. The third-order valence-electron chi connectivity index (χ3n) is 3.69. The van der Waals surface area contributed by atoms with Crippen molar-refractivity contribution in [2.45, 2.75) is 31.7 Å². The number of aliphatic hydroxyl groups excluding tert-OH is 1. The summed E-state index contributed by atoms with van der Waals surface area (Å²) < 4.78 is 2.19. The Balaban J connectivity index is 1.82. The monoisotopic (exact) mass is 276 g/mol. The van der Waals surface area contributed by atoms with Crippen molar-refractivity contribution in [1.82, 2.24) is 9.55 Å². The molecule has 1 atom stereocenters. The molecule has 1 aliphatic heterocycles. The van der Waals surface area contributed by atoms with E-state index in [1.54, 1.807) is 0 Å². The maximum Gasteiger partial charge on any atom is 0.114 e. The molecule has 1 aromatic carbocycles. The van der Waals surface area contributed by atoms with Crippen LogP contribution >= 0.6 is 11.6 Å². The minimum absolute atomic E-state index is 0.192. The first-order valence-corrected chi connectivity index (χ1v) is 7.05. The van der Waals surface area contributed by atoms with Gasteiger partial charge in [0.25, 0.3) is 0 Å². The molecule has 1 aromatic heterocycles. The van der Waals surface area contributed by atoms with Gasteiger partial charge in [0.2, 0.25) is 0 Å². The second kappa shape index (κ2) is 5.35. The highest BCUT2D eigenvalue weighted by Gasteiger charge is 2.22. The van der Waals surface area contributed by atoms with Gasteiger partial charge in [-0.25, -0.2) is 4.98 Å². The summed E-state index contributed by atoms with van der Waals surface area (Å²) in [5.41, 5.74) is 2.28. The van der Waals surface area contributed by atoms with Crippen molar-refractivity contribution in [3.63, 3.8) is 0 Å². The predicted octanol–water partition coefficient (Wildman–Crippen LogP) is 3.00. The van der Waals surface area contributed by atoms with Crippen molar-refractivity contribution >= 4 is 11.6 Å². The summed E-state index contributed by atoms with van der Waals surface area (Å²) in [5, 5.41) is 10.2. The third kappa shape index (κ3) is 2.67. The molecule has 0 spiro atoms. The quantitative estimate of drug-likeness (QED) is 0.936. The predicted molar refractivity (Wildman–Crippen MR) is 75.5 cm³/mol. The van der Waals surface area contributed by atoms with E-state index in [-0.39, 0.29) is 12.5 Å². The summed E-state index contributed by atoms with van der Waals surface area (Å²) in [5.74, 6) is 1.24. The number of imidazole rings is 1. The van der Waals surface area contributed by atoms with Gasteiger partial charge in [0.15, 0.2) is 0 Å². The summed E-state index contributed by atoms with van der Waals surface area (Å²) in [7, 11) is 0. The molecule has 0 radical (unpaired) electrons. The minimum atomic E-state index is 0.192. The number of aromatic nitrogens is 2. The van der Waals surface area contributed by atoms with Crippen molar-refractivity contribution < 1.29 is 5.11 Å². The number of halogens is 1. The van der Waals surface area contributed by atoms with Crippen LogP contribution < -0.4 is 0 Å². The summed E-state index contributed by atoms with van der Waals surface area (Å²) in [6.07, 6.45) is 5.09. The average molecular weight is 277 g/mol. The highest BCUT2D eigenvalue weighted by molar-refractivity contribution is 6.30. The molecule has 2 aromatic rings. The van der Waals surface area contributed by atoms with Crippen molar-refractivity contribution in [3.05, 3.63) is 52.6 Å². The van der Waals surface area contributed by atoms with Gasteiger partial charge < -0.3 is 9.67 Å². The van der Waals surface area contributed by atoms with Crippen LogP contribution in [0.4, 0.5) is 0 Å². The maximum absolute atomic E-state index is 9.40. The number of aliphatic hydroxyl groups is 1. The molecular weight excluding hydrogens is 260 g/mol. The molecule has 1 unspecified atom stereocenters. The number of nitrogens with zero attached hydrogens (tertiary/aromatic N) is 2. The Morgan fingerprint density at radius 1 is 1.32 bits per heavy atom. The fraction of sp³-hybridized carbons (Fsp3) is 0.400. The van der Waals surface area contributed by atoms with E-state index in [9.17, 15) is 5.11 Å². The fourth-order valence-electron chi connectivity index (χ4n) is 2.70. The number of hydrogen-bond acceptors (Lipinski definition) is 2.